The number of aryl methyl sites for hydroxylation is 1. The normalized spacial score (nSPS) is 15.7. The summed E-state index contributed by atoms with van der Waals surface area (Å²) in [5, 5.41) is 4.85. The zero-order valence-electron chi connectivity index (χ0n) is 14.3. The van der Waals surface area contributed by atoms with Crippen molar-refractivity contribution in [3.63, 3.8) is 0 Å². The zero-order chi connectivity index (χ0) is 17.4. The summed E-state index contributed by atoms with van der Waals surface area (Å²) < 4.78 is 0. The smallest absolute Gasteiger partial charge is 0.321 e. The number of hydrogen-bond acceptors (Lipinski definition) is 4. The van der Waals surface area contributed by atoms with E-state index >= 15 is 0 Å². The van der Waals surface area contributed by atoms with Gasteiger partial charge in [-0.25, -0.2) is 4.79 Å². The van der Waals surface area contributed by atoms with Crippen LogP contribution in [0.4, 0.5) is 4.79 Å². The second kappa shape index (κ2) is 9.20. The highest BCUT2D eigenvalue weighted by atomic mass is 16.2. The van der Waals surface area contributed by atoms with E-state index in [1.807, 2.05) is 0 Å². The SMILES string of the molecule is C=CCNC(=O)NC(=O)CN1CCN(Cc2cccc(C)c2)CC1. The third kappa shape index (κ3) is 6.14. The summed E-state index contributed by atoms with van der Waals surface area (Å²) in [6.07, 6.45) is 1.57. The topological polar surface area (TPSA) is 64.7 Å². The molecule has 2 rings (SSSR count). The Bertz CT molecular complexity index is 580. The average molecular weight is 330 g/mol. The first kappa shape index (κ1) is 18.2. The Hall–Kier alpha value is -2.18. The number of rotatable bonds is 6. The Morgan fingerprint density at radius 3 is 2.58 bits per heavy atom. The summed E-state index contributed by atoms with van der Waals surface area (Å²) in [7, 11) is 0. The van der Waals surface area contributed by atoms with Crippen molar-refractivity contribution in [1.29, 1.82) is 0 Å². The molecule has 1 aromatic carbocycles. The van der Waals surface area contributed by atoms with Gasteiger partial charge in [-0.15, -0.1) is 6.58 Å². The van der Waals surface area contributed by atoms with Crippen LogP contribution in [0, 0.1) is 6.92 Å². The van der Waals surface area contributed by atoms with Gasteiger partial charge in [-0.05, 0) is 12.5 Å². The van der Waals surface area contributed by atoms with E-state index in [2.05, 4.69) is 58.2 Å². The van der Waals surface area contributed by atoms with E-state index in [9.17, 15) is 9.59 Å². The average Bonchev–Trinajstić information content (AvgIpc) is 2.55. The number of nitrogens with zero attached hydrogens (tertiary/aromatic N) is 2. The Morgan fingerprint density at radius 1 is 1.21 bits per heavy atom. The van der Waals surface area contributed by atoms with E-state index in [4.69, 9.17) is 0 Å². The lowest BCUT2D eigenvalue weighted by Crippen LogP contribution is -2.50. The molecule has 24 heavy (non-hydrogen) atoms. The van der Waals surface area contributed by atoms with E-state index in [1.54, 1.807) is 6.08 Å². The first-order valence-electron chi connectivity index (χ1n) is 8.25. The minimum absolute atomic E-state index is 0.250. The molecule has 0 radical (unpaired) electrons. The molecule has 6 heteroatoms. The molecule has 130 valence electrons. The molecular formula is C18H26N4O2. The quantitative estimate of drug-likeness (QED) is 0.768. The molecule has 0 unspecified atom stereocenters. The van der Waals surface area contributed by atoms with Crippen molar-refractivity contribution in [3.8, 4) is 0 Å². The third-order valence-corrected chi connectivity index (χ3v) is 3.98. The molecule has 3 amide bonds. The summed E-state index contributed by atoms with van der Waals surface area (Å²) in [6, 6.07) is 8.07. The number of hydrogen-bond donors (Lipinski definition) is 2. The molecule has 0 aromatic heterocycles. The van der Waals surface area contributed by atoms with Gasteiger partial charge in [0, 0.05) is 39.3 Å². The standard InChI is InChI=1S/C18H26N4O2/c1-3-7-19-18(24)20-17(23)14-22-10-8-21(9-11-22)13-16-6-4-5-15(2)12-16/h3-6,12H,1,7-11,13-14H2,2H3,(H2,19,20,23,24). The number of imide groups is 1. The molecule has 1 aliphatic heterocycles. The molecule has 0 bridgehead atoms. The van der Waals surface area contributed by atoms with Gasteiger partial charge >= 0.3 is 6.03 Å². The van der Waals surface area contributed by atoms with Gasteiger partial charge in [-0.2, -0.15) is 0 Å². The van der Waals surface area contributed by atoms with Crippen molar-refractivity contribution in [2.24, 2.45) is 0 Å². The van der Waals surface area contributed by atoms with E-state index in [-0.39, 0.29) is 12.5 Å². The van der Waals surface area contributed by atoms with Crippen LogP contribution >= 0.6 is 0 Å². The fraction of sp³-hybridized carbons (Fsp3) is 0.444. The second-order valence-electron chi connectivity index (χ2n) is 6.09. The minimum Gasteiger partial charge on any atom is -0.334 e. The molecule has 0 aliphatic carbocycles. The van der Waals surface area contributed by atoms with Crippen molar-refractivity contribution in [2.45, 2.75) is 13.5 Å². The van der Waals surface area contributed by atoms with Crippen LogP contribution in [0.1, 0.15) is 11.1 Å². The fourth-order valence-corrected chi connectivity index (χ4v) is 2.75. The van der Waals surface area contributed by atoms with Gasteiger partial charge in [0.15, 0.2) is 0 Å². The second-order valence-corrected chi connectivity index (χ2v) is 6.09. The van der Waals surface area contributed by atoms with Crippen LogP contribution in [-0.2, 0) is 11.3 Å². The molecule has 2 N–H and O–H groups in total. The van der Waals surface area contributed by atoms with Crippen molar-refractivity contribution in [1.82, 2.24) is 20.4 Å². The monoisotopic (exact) mass is 330 g/mol. The summed E-state index contributed by atoms with van der Waals surface area (Å²) in [4.78, 5) is 27.7. The Balaban J connectivity index is 1.69. The highest BCUT2D eigenvalue weighted by Gasteiger charge is 2.19. The molecule has 1 aromatic rings. The third-order valence-electron chi connectivity index (χ3n) is 3.98. The van der Waals surface area contributed by atoms with Crippen LogP contribution in [0.2, 0.25) is 0 Å². The molecule has 0 saturated carbocycles. The van der Waals surface area contributed by atoms with Gasteiger partial charge in [0.05, 0.1) is 6.54 Å². The molecule has 1 fully saturated rings. The van der Waals surface area contributed by atoms with E-state index < -0.39 is 6.03 Å². The maximum atomic E-state index is 11.8. The maximum absolute atomic E-state index is 11.8. The van der Waals surface area contributed by atoms with Gasteiger partial charge in [0.25, 0.3) is 0 Å². The van der Waals surface area contributed by atoms with Gasteiger partial charge in [0.1, 0.15) is 0 Å². The number of piperazine rings is 1. The molecule has 0 atom stereocenters. The minimum atomic E-state index is -0.474. The lowest BCUT2D eigenvalue weighted by molar-refractivity contribution is -0.121. The number of carbonyl (C=O) groups is 2. The zero-order valence-corrected chi connectivity index (χ0v) is 14.3. The highest BCUT2D eigenvalue weighted by Crippen LogP contribution is 2.10. The fourth-order valence-electron chi connectivity index (χ4n) is 2.75. The van der Waals surface area contributed by atoms with Gasteiger partial charge in [0.2, 0.25) is 5.91 Å². The first-order chi connectivity index (χ1) is 11.6. The first-order valence-corrected chi connectivity index (χ1v) is 8.25. The summed E-state index contributed by atoms with van der Waals surface area (Å²) >= 11 is 0. The Kier molecular flexibility index (Phi) is 6.96. The van der Waals surface area contributed by atoms with Gasteiger partial charge in [-0.1, -0.05) is 35.9 Å². The van der Waals surface area contributed by atoms with Crippen LogP contribution in [-0.4, -0.2) is 61.0 Å². The van der Waals surface area contributed by atoms with Crippen LogP contribution in [0.3, 0.4) is 0 Å². The Labute approximate surface area is 143 Å². The molecule has 1 heterocycles. The van der Waals surface area contributed by atoms with Crippen LogP contribution in [0.25, 0.3) is 0 Å². The number of nitrogens with one attached hydrogen (secondary N) is 2. The predicted octanol–water partition coefficient (Wildman–Crippen LogP) is 1.12. The largest absolute Gasteiger partial charge is 0.334 e. The Morgan fingerprint density at radius 2 is 1.92 bits per heavy atom. The van der Waals surface area contributed by atoms with E-state index in [1.165, 1.54) is 11.1 Å². The molecule has 6 nitrogen and oxygen atoms in total. The lowest BCUT2D eigenvalue weighted by Gasteiger charge is -2.34. The highest BCUT2D eigenvalue weighted by molar-refractivity contribution is 5.95. The van der Waals surface area contributed by atoms with Crippen LogP contribution in [0.5, 0.6) is 0 Å². The summed E-state index contributed by atoms with van der Waals surface area (Å²) in [6.45, 7) is 10.6. The molecular weight excluding hydrogens is 304 g/mol. The number of benzene rings is 1. The van der Waals surface area contributed by atoms with Gasteiger partial charge in [-0.3, -0.25) is 19.9 Å². The number of urea groups is 1. The van der Waals surface area contributed by atoms with Crippen LogP contribution in [0.15, 0.2) is 36.9 Å². The van der Waals surface area contributed by atoms with Crippen molar-refractivity contribution < 1.29 is 9.59 Å². The lowest BCUT2D eigenvalue weighted by atomic mass is 10.1. The maximum Gasteiger partial charge on any atom is 0.321 e. The molecule has 1 saturated heterocycles. The predicted molar refractivity (Wildman–Crippen MR) is 94.6 cm³/mol. The number of carbonyl (C=O) groups excluding carboxylic acids is 2. The van der Waals surface area contributed by atoms with Crippen molar-refractivity contribution in [2.75, 3.05) is 39.3 Å². The van der Waals surface area contributed by atoms with Crippen LogP contribution < -0.4 is 10.6 Å². The number of amides is 3. The molecule has 0 spiro atoms. The summed E-state index contributed by atoms with van der Waals surface area (Å²) in [5.74, 6) is -0.274. The van der Waals surface area contributed by atoms with Crippen molar-refractivity contribution in [3.05, 3.63) is 48.0 Å². The summed E-state index contributed by atoms with van der Waals surface area (Å²) in [5.41, 5.74) is 2.60. The van der Waals surface area contributed by atoms with Crippen molar-refractivity contribution >= 4 is 11.9 Å². The molecule has 1 aliphatic rings. The van der Waals surface area contributed by atoms with E-state index in [0.29, 0.717) is 6.54 Å². The van der Waals surface area contributed by atoms with E-state index in [0.717, 1.165) is 32.7 Å². The van der Waals surface area contributed by atoms with Gasteiger partial charge < -0.3 is 5.32 Å².